The van der Waals surface area contributed by atoms with Crippen molar-refractivity contribution in [3.8, 4) is 0 Å². The Morgan fingerprint density at radius 1 is 0.519 bits per heavy atom. The number of hydrogen-bond acceptors (Lipinski definition) is 4. The summed E-state index contributed by atoms with van der Waals surface area (Å²) in [5.74, 6) is 0. The van der Waals surface area contributed by atoms with Crippen molar-refractivity contribution in [2.45, 2.75) is 0 Å². The molecule has 27 heavy (non-hydrogen) atoms. The van der Waals surface area contributed by atoms with Crippen LogP contribution in [0.2, 0.25) is 0 Å². The summed E-state index contributed by atoms with van der Waals surface area (Å²) in [6.45, 7) is 3.93. The van der Waals surface area contributed by atoms with Crippen LogP contribution in [0.3, 0.4) is 0 Å². The summed E-state index contributed by atoms with van der Waals surface area (Å²) < 4.78 is 0. The van der Waals surface area contributed by atoms with Gasteiger partial charge in [0.25, 0.3) is 0 Å². The van der Waals surface area contributed by atoms with E-state index >= 15 is 0 Å². The molecule has 0 aromatic rings. The fraction of sp³-hybridized carbons (Fsp3) is 0.667. The first kappa shape index (κ1) is 41.8. The quantitative estimate of drug-likeness (QED) is 0.215. The Hall–Kier alpha value is 4.63. The van der Waals surface area contributed by atoms with Gasteiger partial charge in [-0.15, -0.1) is 0 Å². The molecule has 0 N–H and O–H groups in total. The topological polar surface area (TPSA) is 13.0 Å². The number of piperazine rings is 2. The van der Waals surface area contributed by atoms with E-state index < -0.39 is 0 Å². The monoisotopic (exact) mass is 1300 g/mol. The average molecular weight is 1310 g/mol. The van der Waals surface area contributed by atoms with Gasteiger partial charge in [-0.3, -0.25) is 0 Å². The first-order valence-corrected chi connectivity index (χ1v) is 20.8. The minimum atomic E-state index is 0. The van der Waals surface area contributed by atoms with Crippen LogP contribution in [0, 0.1) is 0 Å². The predicted molar refractivity (Wildman–Crippen MR) is 157 cm³/mol. The molecular weight excluding hydrogens is 1280 g/mol. The smallest absolute Gasteiger partial charge is 1.00 e. The number of likely N-dealkylation sites (N-methyl/N-ethyl adjacent to an activating group) is 4. The Balaban J connectivity index is -0.0000000921. The van der Waals surface area contributed by atoms with Crippen LogP contribution < -0.4 is 48.0 Å². The molecule has 0 atom stereocenters. The third-order valence-electron chi connectivity index (χ3n) is 3.29. The molecule has 0 bridgehead atoms. The van der Waals surface area contributed by atoms with Gasteiger partial charge < -0.3 is 67.6 Å². The number of rotatable bonds is 0. The summed E-state index contributed by atoms with van der Waals surface area (Å²) in [5, 5.41) is 0. The molecule has 0 saturated carbocycles. The van der Waals surface area contributed by atoms with Crippen molar-refractivity contribution >= 4 is 143 Å². The molecule has 15 heteroatoms. The molecule has 2 fully saturated rings. The van der Waals surface area contributed by atoms with Gasteiger partial charge in [0, 0.05) is 129 Å². The van der Waals surface area contributed by atoms with Crippen LogP contribution in [0.4, 0.5) is 0 Å². The van der Waals surface area contributed by atoms with Crippen molar-refractivity contribution < 1.29 is 69.0 Å². The third kappa shape index (κ3) is 16.8. The van der Waals surface area contributed by atoms with Crippen LogP contribution in [-0.2, 0) is 21.1 Å². The first-order valence-electron chi connectivity index (χ1n) is 6.55. The van der Waals surface area contributed by atoms with Gasteiger partial charge in [0.15, 0.2) is 0 Å². The second kappa shape index (κ2) is 25.3. The Bertz CT molecular complexity index is 384. The van der Waals surface area contributed by atoms with Gasteiger partial charge in [0.1, 0.15) is 20.0 Å². The summed E-state index contributed by atoms with van der Waals surface area (Å²) in [4.78, 5) is 11.2. The van der Waals surface area contributed by atoms with Crippen molar-refractivity contribution in [3.05, 3.63) is 0 Å². The third-order valence-corrected chi connectivity index (χ3v) is 5.57. The van der Waals surface area contributed by atoms with E-state index in [9.17, 15) is 0 Å². The summed E-state index contributed by atoms with van der Waals surface area (Å²) in [6, 6.07) is 0. The van der Waals surface area contributed by atoms with E-state index in [2.05, 4.69) is 74.5 Å². The molecule has 2 rings (SSSR count). The minimum absolute atomic E-state index is 0. The minimum Gasteiger partial charge on any atom is -1.00 e. The molecule has 4 nitrogen and oxygen atoms in total. The second-order valence-electron chi connectivity index (χ2n) is 4.91. The standard InChI is InChI=1S/2C6H10N2S2.2I2.2HI.Pt/c2*1-7-3-4-8(2)6(10)5(7)9;2*1-2;;;/h2*3-4H2,1-2H3;;;2*1H;/q;;;;;;+2/p-2. The molecule has 2 aliphatic rings. The molecule has 2 saturated heterocycles. The molecule has 0 spiro atoms. The average Bonchev–Trinajstić information content (AvgIpc) is 2.62. The van der Waals surface area contributed by atoms with Crippen LogP contribution in [0.1, 0.15) is 0 Å². The van der Waals surface area contributed by atoms with Crippen molar-refractivity contribution in [1.29, 1.82) is 0 Å². The van der Waals surface area contributed by atoms with E-state index in [1.54, 1.807) is 0 Å². The molecule has 0 unspecified atom stereocenters. The van der Waals surface area contributed by atoms with E-state index in [-0.39, 0.29) is 69.0 Å². The van der Waals surface area contributed by atoms with Crippen LogP contribution in [0.25, 0.3) is 0 Å². The summed E-state index contributed by atoms with van der Waals surface area (Å²) in [7, 11) is 7.90. The molecule has 164 valence electrons. The SMILES string of the molecule is CN1CCN(C)C(=S)C1=S.CN1CCN(C)C(=S)C1=S.II.II.[I-].[I-].[Pt+2]. The maximum absolute atomic E-state index is 5.07. The molecule has 0 aromatic carbocycles. The van der Waals surface area contributed by atoms with Gasteiger partial charge in [-0.1, -0.05) is 48.9 Å². The van der Waals surface area contributed by atoms with Crippen molar-refractivity contribution in [2.24, 2.45) is 0 Å². The van der Waals surface area contributed by atoms with E-state index in [0.717, 1.165) is 46.1 Å². The van der Waals surface area contributed by atoms with Crippen LogP contribution in [-0.4, -0.2) is 93.9 Å². The Labute approximate surface area is 280 Å². The van der Waals surface area contributed by atoms with Gasteiger partial charge in [-0.05, 0) is 0 Å². The molecule has 0 aromatic heterocycles. The Morgan fingerprint density at radius 3 is 0.741 bits per heavy atom. The van der Waals surface area contributed by atoms with Crippen LogP contribution in [0.15, 0.2) is 0 Å². The zero-order valence-corrected chi connectivity index (χ0v) is 33.3. The number of hydrogen-bond donors (Lipinski definition) is 0. The molecule has 0 aliphatic carbocycles. The number of thiocarbonyl (C=S) groups is 4. The Morgan fingerprint density at radius 2 is 0.630 bits per heavy atom. The number of halogens is 6. The zero-order valence-electron chi connectivity index (χ0n) is 14.8. The largest absolute Gasteiger partial charge is 2.00 e. The maximum Gasteiger partial charge on any atom is 2.00 e. The predicted octanol–water partition coefficient (Wildman–Crippen LogP) is -1.41. The van der Waals surface area contributed by atoms with Gasteiger partial charge >= 0.3 is 21.1 Å². The van der Waals surface area contributed by atoms with Crippen molar-refractivity contribution in [1.82, 2.24) is 19.6 Å². The maximum atomic E-state index is 5.07. The van der Waals surface area contributed by atoms with Gasteiger partial charge in [-0.2, -0.15) is 0 Å². The molecule has 2 heterocycles. The normalized spacial score (nSPS) is 15.4. The van der Waals surface area contributed by atoms with E-state index in [1.165, 1.54) is 0 Å². The van der Waals surface area contributed by atoms with Gasteiger partial charge in [-0.25, -0.2) is 0 Å². The first-order chi connectivity index (χ1) is 11.3. The van der Waals surface area contributed by atoms with E-state index in [0.29, 0.717) is 0 Å². The van der Waals surface area contributed by atoms with E-state index in [4.69, 9.17) is 48.9 Å². The van der Waals surface area contributed by atoms with Gasteiger partial charge in [0.05, 0.1) is 0 Å². The van der Waals surface area contributed by atoms with Gasteiger partial charge in [0.2, 0.25) is 0 Å². The summed E-state index contributed by atoms with van der Waals surface area (Å²) in [5.41, 5.74) is 0. The molecule has 2 aliphatic heterocycles. The Kier molecular flexibility index (Phi) is 39.1. The van der Waals surface area contributed by atoms with Crippen molar-refractivity contribution in [2.75, 3.05) is 54.4 Å². The molecule has 0 radical (unpaired) electrons. The van der Waals surface area contributed by atoms with Crippen LogP contribution >= 0.6 is 123 Å². The molecular formula is C12H20I6N4PtS4. The molecule has 0 amide bonds. The summed E-state index contributed by atoms with van der Waals surface area (Å²) >= 11 is 28.8. The second-order valence-corrected chi connectivity index (χ2v) is 6.45. The number of nitrogens with zero attached hydrogens (tertiary/aromatic N) is 4. The summed E-state index contributed by atoms with van der Waals surface area (Å²) in [6.07, 6.45) is 0. The fourth-order valence-corrected chi connectivity index (χ4v) is 2.65. The van der Waals surface area contributed by atoms with E-state index in [1.807, 2.05) is 47.8 Å². The fourth-order valence-electron chi connectivity index (χ4n) is 1.66. The van der Waals surface area contributed by atoms with Crippen molar-refractivity contribution in [3.63, 3.8) is 0 Å². The van der Waals surface area contributed by atoms with Crippen LogP contribution in [0.5, 0.6) is 0 Å². The zero-order chi connectivity index (χ0) is 19.4.